The lowest BCUT2D eigenvalue weighted by atomic mass is 10.2. The highest BCUT2D eigenvalue weighted by Gasteiger charge is 2.03. The Morgan fingerprint density at radius 1 is 1.22 bits per heavy atom. The molecule has 0 atom stereocenters. The zero-order chi connectivity index (χ0) is 16.7. The van der Waals surface area contributed by atoms with Crippen LogP contribution in [0.2, 0.25) is 10.0 Å². The Kier molecular flexibility index (Phi) is 6.04. The molecule has 0 unspecified atom stereocenters. The zero-order valence-corrected chi connectivity index (χ0v) is 13.4. The van der Waals surface area contributed by atoms with Gasteiger partial charge in [0.25, 0.3) is 0 Å². The summed E-state index contributed by atoms with van der Waals surface area (Å²) in [6.45, 7) is -0.000552. The molecule has 2 aromatic rings. The molecule has 0 saturated heterocycles. The summed E-state index contributed by atoms with van der Waals surface area (Å²) in [5.41, 5.74) is 1.32. The fourth-order valence-corrected chi connectivity index (χ4v) is 2.18. The normalized spacial score (nSPS) is 10.3. The van der Waals surface area contributed by atoms with Crippen molar-refractivity contribution in [2.24, 2.45) is 0 Å². The standard InChI is InChI=1S/C17H12Cl2N2O2/c18-13-4-7-16(15(19)11-13)21-17(22)8-3-12-1-5-14(6-2-12)23-10-9-20/h1-8,11H,10H2,(H,21,22)/b8-3+. The van der Waals surface area contributed by atoms with E-state index in [2.05, 4.69) is 5.32 Å². The first-order chi connectivity index (χ1) is 11.1. The van der Waals surface area contributed by atoms with E-state index < -0.39 is 0 Å². The molecular formula is C17H12Cl2N2O2. The molecule has 2 aromatic carbocycles. The maximum atomic E-state index is 11.9. The Bertz CT molecular complexity index is 765. The predicted molar refractivity (Wildman–Crippen MR) is 91.7 cm³/mol. The Balaban J connectivity index is 1.96. The third-order valence-corrected chi connectivity index (χ3v) is 3.35. The Morgan fingerprint density at radius 2 is 1.96 bits per heavy atom. The first-order valence-electron chi connectivity index (χ1n) is 6.62. The first kappa shape index (κ1) is 16.9. The molecule has 1 N–H and O–H groups in total. The topological polar surface area (TPSA) is 62.1 Å². The van der Waals surface area contributed by atoms with Crippen LogP contribution in [0.1, 0.15) is 5.56 Å². The molecule has 116 valence electrons. The molecule has 0 bridgehead atoms. The number of carbonyl (C=O) groups is 1. The molecule has 0 radical (unpaired) electrons. The quantitative estimate of drug-likeness (QED) is 0.808. The zero-order valence-electron chi connectivity index (χ0n) is 11.9. The summed E-state index contributed by atoms with van der Waals surface area (Å²) in [6, 6.07) is 13.8. The minimum atomic E-state index is -0.306. The fourth-order valence-electron chi connectivity index (χ4n) is 1.73. The lowest BCUT2D eigenvalue weighted by Crippen LogP contribution is -2.08. The van der Waals surface area contributed by atoms with Crippen LogP contribution in [-0.2, 0) is 4.79 Å². The van der Waals surface area contributed by atoms with Crippen LogP contribution in [0.15, 0.2) is 48.5 Å². The molecule has 0 heterocycles. The third kappa shape index (κ3) is 5.33. The van der Waals surface area contributed by atoms with E-state index in [-0.39, 0.29) is 12.5 Å². The fraction of sp³-hybridized carbons (Fsp3) is 0.0588. The Morgan fingerprint density at radius 3 is 2.61 bits per heavy atom. The molecule has 0 aliphatic carbocycles. The van der Waals surface area contributed by atoms with Gasteiger partial charge in [0.05, 0.1) is 10.7 Å². The Labute approximate surface area is 143 Å². The van der Waals surface area contributed by atoms with E-state index in [0.717, 1.165) is 5.56 Å². The van der Waals surface area contributed by atoms with Gasteiger partial charge < -0.3 is 10.1 Å². The number of nitrogens with one attached hydrogen (secondary N) is 1. The van der Waals surface area contributed by atoms with Crippen LogP contribution in [-0.4, -0.2) is 12.5 Å². The lowest BCUT2D eigenvalue weighted by molar-refractivity contribution is -0.111. The van der Waals surface area contributed by atoms with E-state index in [4.69, 9.17) is 33.2 Å². The largest absolute Gasteiger partial charge is 0.479 e. The van der Waals surface area contributed by atoms with Crippen LogP contribution in [0.4, 0.5) is 5.69 Å². The van der Waals surface area contributed by atoms with Gasteiger partial charge >= 0.3 is 0 Å². The number of hydrogen-bond donors (Lipinski definition) is 1. The molecule has 0 aliphatic rings. The molecule has 23 heavy (non-hydrogen) atoms. The summed E-state index contributed by atoms with van der Waals surface area (Å²) < 4.78 is 5.15. The molecule has 0 fully saturated rings. The SMILES string of the molecule is N#CCOc1ccc(/C=C/C(=O)Nc2ccc(Cl)cc2Cl)cc1. The van der Waals surface area contributed by atoms with Gasteiger partial charge in [-0.1, -0.05) is 35.3 Å². The highest BCUT2D eigenvalue weighted by Crippen LogP contribution is 2.25. The number of anilines is 1. The number of nitrogens with zero attached hydrogens (tertiary/aromatic N) is 1. The highest BCUT2D eigenvalue weighted by atomic mass is 35.5. The molecule has 4 nitrogen and oxygen atoms in total. The minimum absolute atomic E-state index is 0.000552. The second kappa shape index (κ2) is 8.23. The smallest absolute Gasteiger partial charge is 0.248 e. The second-order valence-electron chi connectivity index (χ2n) is 4.46. The molecule has 0 spiro atoms. The van der Waals surface area contributed by atoms with Gasteiger partial charge in [-0.15, -0.1) is 0 Å². The summed E-state index contributed by atoms with van der Waals surface area (Å²) >= 11 is 11.8. The van der Waals surface area contributed by atoms with Gasteiger partial charge in [0.15, 0.2) is 6.61 Å². The van der Waals surface area contributed by atoms with Crippen LogP contribution in [0.25, 0.3) is 6.08 Å². The summed E-state index contributed by atoms with van der Waals surface area (Å²) in [5, 5.41) is 12.0. The van der Waals surface area contributed by atoms with Crippen molar-refractivity contribution in [3.63, 3.8) is 0 Å². The summed E-state index contributed by atoms with van der Waals surface area (Å²) in [5.74, 6) is 0.292. The van der Waals surface area contributed by atoms with Crippen LogP contribution in [0.3, 0.4) is 0 Å². The van der Waals surface area contributed by atoms with Crippen molar-refractivity contribution < 1.29 is 9.53 Å². The van der Waals surface area contributed by atoms with Gasteiger partial charge in [-0.05, 0) is 42.0 Å². The molecule has 1 amide bonds. The van der Waals surface area contributed by atoms with Gasteiger partial charge in [-0.3, -0.25) is 4.79 Å². The third-order valence-electron chi connectivity index (χ3n) is 2.80. The van der Waals surface area contributed by atoms with Crippen LogP contribution >= 0.6 is 23.2 Å². The highest BCUT2D eigenvalue weighted by molar-refractivity contribution is 6.36. The Hall–Kier alpha value is -2.48. The predicted octanol–water partition coefficient (Wildman–Crippen LogP) is 4.55. The van der Waals surface area contributed by atoms with E-state index in [1.807, 2.05) is 6.07 Å². The second-order valence-corrected chi connectivity index (χ2v) is 5.31. The molecule has 0 aromatic heterocycles. The number of amides is 1. The summed E-state index contributed by atoms with van der Waals surface area (Å²) in [6.07, 6.45) is 3.06. The van der Waals surface area contributed by atoms with E-state index in [0.29, 0.717) is 21.5 Å². The number of rotatable bonds is 5. The maximum absolute atomic E-state index is 11.9. The molecule has 2 rings (SSSR count). The number of ether oxygens (including phenoxy) is 1. The average molecular weight is 347 g/mol. The summed E-state index contributed by atoms with van der Waals surface area (Å²) in [4.78, 5) is 11.9. The lowest BCUT2D eigenvalue weighted by Gasteiger charge is -2.05. The van der Waals surface area contributed by atoms with E-state index in [1.54, 1.807) is 48.5 Å². The minimum Gasteiger partial charge on any atom is -0.479 e. The van der Waals surface area contributed by atoms with Crippen molar-refractivity contribution in [2.75, 3.05) is 11.9 Å². The maximum Gasteiger partial charge on any atom is 0.248 e. The van der Waals surface area contributed by atoms with Crippen LogP contribution in [0.5, 0.6) is 5.75 Å². The van der Waals surface area contributed by atoms with Crippen molar-refractivity contribution in [1.82, 2.24) is 0 Å². The van der Waals surface area contributed by atoms with Gasteiger partial charge in [0, 0.05) is 11.1 Å². The van der Waals surface area contributed by atoms with Gasteiger partial charge in [0.1, 0.15) is 11.8 Å². The van der Waals surface area contributed by atoms with Crippen LogP contribution in [0, 0.1) is 11.3 Å². The van der Waals surface area contributed by atoms with Crippen molar-refractivity contribution in [1.29, 1.82) is 5.26 Å². The first-order valence-corrected chi connectivity index (χ1v) is 7.38. The van der Waals surface area contributed by atoms with Crippen molar-refractivity contribution in [3.05, 3.63) is 64.1 Å². The monoisotopic (exact) mass is 346 g/mol. The van der Waals surface area contributed by atoms with E-state index in [1.165, 1.54) is 6.08 Å². The van der Waals surface area contributed by atoms with E-state index in [9.17, 15) is 4.79 Å². The van der Waals surface area contributed by atoms with Gasteiger partial charge in [-0.25, -0.2) is 0 Å². The number of hydrogen-bond acceptors (Lipinski definition) is 3. The van der Waals surface area contributed by atoms with Gasteiger partial charge in [0.2, 0.25) is 5.91 Å². The molecular weight excluding hydrogens is 335 g/mol. The van der Waals surface area contributed by atoms with Crippen molar-refractivity contribution >= 4 is 40.9 Å². The van der Waals surface area contributed by atoms with E-state index >= 15 is 0 Å². The number of benzene rings is 2. The van der Waals surface area contributed by atoms with Crippen molar-refractivity contribution in [2.45, 2.75) is 0 Å². The molecule has 0 aliphatic heterocycles. The molecule has 6 heteroatoms. The number of carbonyl (C=O) groups excluding carboxylic acids is 1. The van der Waals surface area contributed by atoms with Gasteiger partial charge in [-0.2, -0.15) is 5.26 Å². The molecule has 0 saturated carbocycles. The van der Waals surface area contributed by atoms with Crippen molar-refractivity contribution in [3.8, 4) is 11.8 Å². The number of nitriles is 1. The summed E-state index contributed by atoms with van der Waals surface area (Å²) in [7, 11) is 0. The average Bonchev–Trinajstić information content (AvgIpc) is 2.54. The number of halogens is 2. The van der Waals surface area contributed by atoms with Crippen LogP contribution < -0.4 is 10.1 Å².